The van der Waals surface area contributed by atoms with Crippen molar-refractivity contribution in [3.05, 3.63) is 23.9 Å². The normalized spacial score (nSPS) is 10.8. The van der Waals surface area contributed by atoms with E-state index in [1.54, 1.807) is 12.3 Å². The summed E-state index contributed by atoms with van der Waals surface area (Å²) in [5.74, 6) is 0. The molecule has 12 heavy (non-hydrogen) atoms. The average Bonchev–Trinajstić information content (AvgIpc) is 2.49. The van der Waals surface area contributed by atoms with Crippen molar-refractivity contribution in [1.82, 2.24) is 5.16 Å². The van der Waals surface area contributed by atoms with E-state index in [-0.39, 0.29) is 0 Å². The summed E-state index contributed by atoms with van der Waals surface area (Å²) < 4.78 is 4.93. The minimum atomic E-state index is 0.437. The molecule has 0 spiro atoms. The molecule has 0 unspecified atom stereocenters. The van der Waals surface area contributed by atoms with Crippen LogP contribution in [0.3, 0.4) is 0 Å². The number of anilines is 1. The van der Waals surface area contributed by atoms with Crippen LogP contribution in [0.5, 0.6) is 0 Å². The Labute approximate surface area is 69.1 Å². The molecule has 0 aliphatic carbocycles. The monoisotopic (exact) mass is 163 g/mol. The lowest BCUT2D eigenvalue weighted by Gasteiger charge is -2.00. The van der Waals surface area contributed by atoms with Crippen molar-refractivity contribution in [3.8, 4) is 0 Å². The lowest BCUT2D eigenvalue weighted by atomic mass is 10.1. The van der Waals surface area contributed by atoms with E-state index in [4.69, 9.17) is 16.0 Å². The van der Waals surface area contributed by atoms with Crippen LogP contribution in [0.4, 0.5) is 5.69 Å². The van der Waals surface area contributed by atoms with Crippen molar-refractivity contribution in [1.29, 1.82) is 0 Å². The third-order valence-electron chi connectivity index (χ3n) is 1.83. The zero-order valence-corrected chi connectivity index (χ0v) is 6.45. The second-order valence-corrected chi connectivity index (χ2v) is 2.62. The second kappa shape index (κ2) is 2.49. The Morgan fingerprint density at radius 2 is 2.25 bits per heavy atom. The highest BCUT2D eigenvalue weighted by Crippen LogP contribution is 2.20. The molecule has 0 radical (unpaired) electrons. The van der Waals surface area contributed by atoms with Gasteiger partial charge in [0.15, 0.2) is 5.58 Å². The number of hydrogen-bond donors (Lipinski definition) is 2. The molecule has 0 atom stereocenters. The third kappa shape index (κ3) is 0.931. The largest absolute Gasteiger partial charge is 0.398 e. The minimum Gasteiger partial charge on any atom is -0.398 e. The molecule has 4 heteroatoms. The van der Waals surface area contributed by atoms with Gasteiger partial charge in [0.2, 0.25) is 0 Å². The molecule has 0 aliphatic heterocycles. The number of rotatable bonds is 1. The van der Waals surface area contributed by atoms with Crippen molar-refractivity contribution in [2.24, 2.45) is 5.73 Å². The van der Waals surface area contributed by atoms with Crippen LogP contribution in [0.1, 0.15) is 5.56 Å². The van der Waals surface area contributed by atoms with Gasteiger partial charge in [0.05, 0.1) is 6.20 Å². The molecular formula is C8H9N3O. The summed E-state index contributed by atoms with van der Waals surface area (Å²) in [5.41, 5.74) is 13.4. The molecule has 0 saturated carbocycles. The maximum absolute atomic E-state index is 5.69. The Bertz CT molecular complexity index is 408. The predicted molar refractivity (Wildman–Crippen MR) is 46.3 cm³/mol. The Morgan fingerprint density at radius 3 is 3.00 bits per heavy atom. The van der Waals surface area contributed by atoms with Gasteiger partial charge in [-0.2, -0.15) is 0 Å². The second-order valence-electron chi connectivity index (χ2n) is 2.62. The number of nitrogen functional groups attached to an aromatic ring is 1. The topological polar surface area (TPSA) is 78.1 Å². The summed E-state index contributed by atoms with van der Waals surface area (Å²) in [6.07, 6.45) is 1.65. The first kappa shape index (κ1) is 7.12. The molecule has 0 amide bonds. The Kier molecular flexibility index (Phi) is 1.48. The van der Waals surface area contributed by atoms with Gasteiger partial charge in [-0.05, 0) is 11.6 Å². The van der Waals surface area contributed by atoms with Crippen LogP contribution in [-0.2, 0) is 6.54 Å². The maximum Gasteiger partial charge on any atom is 0.168 e. The van der Waals surface area contributed by atoms with Gasteiger partial charge in [-0.15, -0.1) is 0 Å². The summed E-state index contributed by atoms with van der Waals surface area (Å²) in [6, 6.07) is 3.63. The molecule has 1 heterocycles. The maximum atomic E-state index is 5.69. The molecule has 0 bridgehead atoms. The van der Waals surface area contributed by atoms with Gasteiger partial charge in [0.25, 0.3) is 0 Å². The van der Waals surface area contributed by atoms with Crippen molar-refractivity contribution in [2.45, 2.75) is 6.54 Å². The number of aromatic nitrogens is 1. The molecule has 2 aromatic rings. The van der Waals surface area contributed by atoms with E-state index in [1.807, 2.05) is 6.07 Å². The number of nitrogens with zero attached hydrogens (tertiary/aromatic N) is 1. The fraction of sp³-hybridized carbons (Fsp3) is 0.125. The van der Waals surface area contributed by atoms with Crippen molar-refractivity contribution < 1.29 is 4.52 Å². The highest BCUT2D eigenvalue weighted by atomic mass is 16.5. The first-order chi connectivity index (χ1) is 5.81. The summed E-state index contributed by atoms with van der Waals surface area (Å²) in [6.45, 7) is 0.437. The van der Waals surface area contributed by atoms with Crippen LogP contribution in [0.25, 0.3) is 11.0 Å². The van der Waals surface area contributed by atoms with E-state index in [9.17, 15) is 0 Å². The highest BCUT2D eigenvalue weighted by molar-refractivity contribution is 5.81. The zero-order chi connectivity index (χ0) is 8.55. The number of hydrogen-bond acceptors (Lipinski definition) is 4. The SMILES string of the molecule is NCc1cc2cnoc2cc1N. The van der Waals surface area contributed by atoms with Gasteiger partial charge in [0.1, 0.15) is 0 Å². The third-order valence-corrected chi connectivity index (χ3v) is 1.83. The van der Waals surface area contributed by atoms with Crippen molar-refractivity contribution >= 4 is 16.7 Å². The average molecular weight is 163 g/mol. The molecule has 0 aliphatic rings. The van der Waals surface area contributed by atoms with Crippen LogP contribution in [0, 0.1) is 0 Å². The van der Waals surface area contributed by atoms with Crippen LogP contribution in [-0.4, -0.2) is 5.16 Å². The number of fused-ring (bicyclic) bond motifs is 1. The van der Waals surface area contributed by atoms with Gasteiger partial charge < -0.3 is 16.0 Å². The minimum absolute atomic E-state index is 0.437. The van der Waals surface area contributed by atoms with Crippen LogP contribution in [0.2, 0.25) is 0 Å². The first-order valence-corrected chi connectivity index (χ1v) is 3.64. The van der Waals surface area contributed by atoms with E-state index in [0.29, 0.717) is 17.8 Å². The van der Waals surface area contributed by atoms with Gasteiger partial charge >= 0.3 is 0 Å². The summed E-state index contributed by atoms with van der Waals surface area (Å²) >= 11 is 0. The van der Waals surface area contributed by atoms with Crippen LogP contribution in [0.15, 0.2) is 22.9 Å². The predicted octanol–water partition coefficient (Wildman–Crippen LogP) is 0.869. The standard InChI is InChI=1S/C8H9N3O/c9-3-5-1-6-4-11-12-8(6)2-7(5)10/h1-2,4H,3,9-10H2. The quantitative estimate of drug-likeness (QED) is 0.611. The Hall–Kier alpha value is -1.55. The van der Waals surface area contributed by atoms with E-state index in [0.717, 1.165) is 10.9 Å². The highest BCUT2D eigenvalue weighted by Gasteiger charge is 2.03. The van der Waals surface area contributed by atoms with Crippen LogP contribution >= 0.6 is 0 Å². The molecule has 1 aromatic heterocycles. The molecule has 0 saturated heterocycles. The molecule has 4 nitrogen and oxygen atoms in total. The smallest absolute Gasteiger partial charge is 0.168 e. The molecule has 0 fully saturated rings. The Balaban J connectivity index is 2.73. The van der Waals surface area contributed by atoms with Crippen LogP contribution < -0.4 is 11.5 Å². The molecular weight excluding hydrogens is 154 g/mol. The molecule has 1 aromatic carbocycles. The summed E-state index contributed by atoms with van der Waals surface area (Å²) in [5, 5.41) is 4.58. The fourth-order valence-electron chi connectivity index (χ4n) is 1.16. The van der Waals surface area contributed by atoms with Gasteiger partial charge in [-0.1, -0.05) is 5.16 Å². The number of benzene rings is 1. The summed E-state index contributed by atoms with van der Waals surface area (Å²) in [4.78, 5) is 0. The lowest BCUT2D eigenvalue weighted by molar-refractivity contribution is 0.456. The van der Waals surface area contributed by atoms with E-state index < -0.39 is 0 Å². The van der Waals surface area contributed by atoms with E-state index in [2.05, 4.69) is 5.16 Å². The first-order valence-electron chi connectivity index (χ1n) is 3.64. The molecule has 2 rings (SSSR count). The zero-order valence-electron chi connectivity index (χ0n) is 6.45. The fourth-order valence-corrected chi connectivity index (χ4v) is 1.16. The molecule has 62 valence electrons. The Morgan fingerprint density at radius 1 is 1.42 bits per heavy atom. The van der Waals surface area contributed by atoms with Crippen molar-refractivity contribution in [3.63, 3.8) is 0 Å². The van der Waals surface area contributed by atoms with Gasteiger partial charge in [-0.25, -0.2) is 0 Å². The van der Waals surface area contributed by atoms with E-state index >= 15 is 0 Å². The lowest BCUT2D eigenvalue weighted by Crippen LogP contribution is -2.00. The molecule has 4 N–H and O–H groups in total. The van der Waals surface area contributed by atoms with Gasteiger partial charge in [0, 0.05) is 23.7 Å². The van der Waals surface area contributed by atoms with Crippen molar-refractivity contribution in [2.75, 3.05) is 5.73 Å². The number of nitrogens with two attached hydrogens (primary N) is 2. The van der Waals surface area contributed by atoms with Gasteiger partial charge in [-0.3, -0.25) is 0 Å². The van der Waals surface area contributed by atoms with E-state index in [1.165, 1.54) is 0 Å². The summed E-state index contributed by atoms with van der Waals surface area (Å²) in [7, 11) is 0.